The average Bonchev–Trinajstić information content (AvgIpc) is 3.09. The number of carbonyl (C=O) groups is 1. The zero-order valence-electron chi connectivity index (χ0n) is 14.9. The van der Waals surface area contributed by atoms with Gasteiger partial charge in [0, 0.05) is 6.42 Å². The van der Waals surface area contributed by atoms with Gasteiger partial charge in [-0.2, -0.15) is 13.2 Å². The first-order chi connectivity index (χ1) is 13.2. The van der Waals surface area contributed by atoms with Gasteiger partial charge in [0.25, 0.3) is 11.5 Å². The van der Waals surface area contributed by atoms with Gasteiger partial charge >= 0.3 is 12.2 Å². The molecule has 3 aromatic rings. The Morgan fingerprint density at radius 2 is 1.89 bits per heavy atom. The zero-order valence-corrected chi connectivity index (χ0v) is 14.9. The van der Waals surface area contributed by atoms with Gasteiger partial charge in [0.1, 0.15) is 11.3 Å². The second-order valence-electron chi connectivity index (χ2n) is 5.87. The monoisotopic (exact) mass is 392 g/mol. The Morgan fingerprint density at radius 1 is 1.18 bits per heavy atom. The van der Waals surface area contributed by atoms with Crippen LogP contribution < -0.4 is 10.9 Å². The van der Waals surface area contributed by atoms with Crippen LogP contribution in [-0.2, 0) is 12.6 Å². The predicted molar refractivity (Wildman–Crippen MR) is 93.4 cm³/mol. The number of carbonyl (C=O) groups excluding carboxylic acids is 1. The number of nitrogens with one attached hydrogen (secondary N) is 1. The molecule has 0 fully saturated rings. The largest absolute Gasteiger partial charge is 0.431 e. The van der Waals surface area contributed by atoms with Crippen molar-refractivity contribution in [3.8, 4) is 5.69 Å². The standard InChI is InChI=1S/C18H15F3N4O3/c1-3-14-23-24-17(28-14)22-15(26)11-8-9-13(18(19,20)21)25(16(11)27)12-7-5-4-6-10(12)2/h4-9H,3H2,1-2H3,(H,22,24,26). The van der Waals surface area contributed by atoms with Crippen molar-refractivity contribution in [3.05, 3.63) is 69.5 Å². The molecule has 0 aliphatic heterocycles. The Kier molecular flexibility index (Phi) is 5.04. The van der Waals surface area contributed by atoms with E-state index in [0.29, 0.717) is 22.6 Å². The van der Waals surface area contributed by atoms with Crippen LogP contribution in [0.15, 0.2) is 45.6 Å². The van der Waals surface area contributed by atoms with Gasteiger partial charge in [-0.15, -0.1) is 5.10 Å². The number of benzene rings is 1. The number of rotatable bonds is 4. The summed E-state index contributed by atoms with van der Waals surface area (Å²) in [5, 5.41) is 9.49. The molecule has 0 bridgehead atoms. The molecule has 0 saturated carbocycles. The molecule has 0 radical (unpaired) electrons. The summed E-state index contributed by atoms with van der Waals surface area (Å²) < 4.78 is 46.0. The van der Waals surface area contributed by atoms with Gasteiger partial charge in [-0.3, -0.25) is 19.5 Å². The minimum atomic E-state index is -4.79. The number of anilines is 1. The van der Waals surface area contributed by atoms with Crippen LogP contribution in [0.5, 0.6) is 0 Å². The maximum atomic E-state index is 13.5. The molecule has 0 unspecified atom stereocenters. The van der Waals surface area contributed by atoms with E-state index in [2.05, 4.69) is 15.5 Å². The highest BCUT2D eigenvalue weighted by Gasteiger charge is 2.36. The van der Waals surface area contributed by atoms with Crippen molar-refractivity contribution in [2.45, 2.75) is 26.4 Å². The second-order valence-corrected chi connectivity index (χ2v) is 5.87. The van der Waals surface area contributed by atoms with Crippen molar-refractivity contribution in [1.82, 2.24) is 14.8 Å². The molecule has 2 heterocycles. The van der Waals surface area contributed by atoms with Crippen LogP contribution in [0.3, 0.4) is 0 Å². The van der Waals surface area contributed by atoms with Crippen molar-refractivity contribution in [3.63, 3.8) is 0 Å². The van der Waals surface area contributed by atoms with Gasteiger partial charge in [-0.25, -0.2) is 0 Å². The van der Waals surface area contributed by atoms with Crippen LogP contribution in [0, 0.1) is 6.92 Å². The molecule has 146 valence electrons. The Morgan fingerprint density at radius 3 is 2.50 bits per heavy atom. The number of alkyl halides is 3. The fraction of sp³-hybridized carbons (Fsp3) is 0.222. The highest BCUT2D eigenvalue weighted by Crippen LogP contribution is 2.30. The summed E-state index contributed by atoms with van der Waals surface area (Å²) in [5.41, 5.74) is -2.32. The molecule has 7 nitrogen and oxygen atoms in total. The number of nitrogens with zero attached hydrogens (tertiary/aromatic N) is 3. The van der Waals surface area contributed by atoms with Gasteiger partial charge in [0.05, 0.1) is 5.69 Å². The Labute approximate surface area is 156 Å². The number of para-hydroxylation sites is 1. The van der Waals surface area contributed by atoms with Crippen LogP contribution in [-0.4, -0.2) is 20.7 Å². The zero-order chi connectivity index (χ0) is 20.5. The van der Waals surface area contributed by atoms with E-state index in [1.165, 1.54) is 12.1 Å². The van der Waals surface area contributed by atoms with Crippen LogP contribution >= 0.6 is 0 Å². The van der Waals surface area contributed by atoms with E-state index in [4.69, 9.17) is 4.42 Å². The number of amides is 1. The molecule has 1 amide bonds. The third-order valence-corrected chi connectivity index (χ3v) is 3.96. The van der Waals surface area contributed by atoms with Crippen LogP contribution in [0.25, 0.3) is 5.69 Å². The molecule has 0 saturated heterocycles. The molecule has 1 N–H and O–H groups in total. The van der Waals surface area contributed by atoms with E-state index in [1.807, 2.05) is 0 Å². The minimum absolute atomic E-state index is 0.0283. The average molecular weight is 392 g/mol. The van der Waals surface area contributed by atoms with E-state index in [-0.39, 0.29) is 17.6 Å². The van der Waals surface area contributed by atoms with Gasteiger partial charge in [0.15, 0.2) is 0 Å². The highest BCUT2D eigenvalue weighted by atomic mass is 19.4. The maximum absolute atomic E-state index is 13.5. The Hall–Kier alpha value is -3.43. The van der Waals surface area contributed by atoms with Crippen LogP contribution in [0.2, 0.25) is 0 Å². The first-order valence-electron chi connectivity index (χ1n) is 8.25. The summed E-state index contributed by atoms with van der Waals surface area (Å²) in [5.74, 6) is -0.688. The molecule has 10 heteroatoms. The fourth-order valence-electron chi connectivity index (χ4n) is 2.60. The van der Waals surface area contributed by atoms with E-state index < -0.39 is 28.9 Å². The summed E-state index contributed by atoms with van der Waals surface area (Å²) in [4.78, 5) is 25.2. The molecular weight excluding hydrogens is 377 g/mol. The van der Waals surface area contributed by atoms with Crippen LogP contribution in [0.1, 0.15) is 34.4 Å². The molecule has 3 rings (SSSR count). The quantitative estimate of drug-likeness (QED) is 0.735. The predicted octanol–water partition coefficient (Wildman–Crippen LogP) is 3.36. The van der Waals surface area contributed by atoms with E-state index in [0.717, 1.165) is 6.07 Å². The van der Waals surface area contributed by atoms with Gasteiger partial charge < -0.3 is 4.42 Å². The molecule has 0 aliphatic carbocycles. The lowest BCUT2D eigenvalue weighted by atomic mass is 10.1. The van der Waals surface area contributed by atoms with E-state index in [9.17, 15) is 22.8 Å². The maximum Gasteiger partial charge on any atom is 0.431 e. The lowest BCUT2D eigenvalue weighted by Gasteiger charge is -2.18. The number of aromatic nitrogens is 3. The third-order valence-electron chi connectivity index (χ3n) is 3.96. The molecule has 28 heavy (non-hydrogen) atoms. The molecule has 0 aliphatic rings. The third kappa shape index (κ3) is 3.66. The lowest BCUT2D eigenvalue weighted by Crippen LogP contribution is -2.33. The summed E-state index contributed by atoms with van der Waals surface area (Å²) in [6.07, 6.45) is -4.36. The lowest BCUT2D eigenvalue weighted by molar-refractivity contribution is -0.142. The van der Waals surface area contributed by atoms with Crippen molar-refractivity contribution in [2.24, 2.45) is 0 Å². The van der Waals surface area contributed by atoms with Gasteiger partial charge in [0.2, 0.25) is 5.89 Å². The van der Waals surface area contributed by atoms with Crippen molar-refractivity contribution >= 4 is 11.9 Å². The Balaban J connectivity index is 2.11. The minimum Gasteiger partial charge on any atom is -0.408 e. The summed E-state index contributed by atoms with van der Waals surface area (Å²) in [7, 11) is 0. The number of hydrogen-bond donors (Lipinski definition) is 1. The first-order valence-corrected chi connectivity index (χ1v) is 8.25. The summed E-state index contributed by atoms with van der Waals surface area (Å²) >= 11 is 0. The Bertz CT molecular complexity index is 1090. The first kappa shape index (κ1) is 19.3. The van der Waals surface area contributed by atoms with E-state index >= 15 is 0 Å². The smallest absolute Gasteiger partial charge is 0.408 e. The summed E-state index contributed by atoms with van der Waals surface area (Å²) in [6.45, 7) is 3.33. The number of pyridine rings is 1. The van der Waals surface area contributed by atoms with Crippen molar-refractivity contribution in [2.75, 3.05) is 5.32 Å². The molecule has 2 aromatic heterocycles. The molecule has 1 aromatic carbocycles. The fourth-order valence-corrected chi connectivity index (χ4v) is 2.60. The normalized spacial score (nSPS) is 11.5. The SMILES string of the molecule is CCc1nnc(NC(=O)c2ccc(C(F)(F)F)n(-c3ccccc3C)c2=O)o1. The number of aryl methyl sites for hydroxylation is 2. The summed E-state index contributed by atoms with van der Waals surface area (Å²) in [6, 6.07) is 7.35. The molecule has 0 spiro atoms. The topological polar surface area (TPSA) is 90.0 Å². The van der Waals surface area contributed by atoms with Gasteiger partial charge in [-0.05, 0) is 30.7 Å². The molecule has 0 atom stereocenters. The van der Waals surface area contributed by atoms with Crippen molar-refractivity contribution < 1.29 is 22.4 Å². The van der Waals surface area contributed by atoms with Crippen molar-refractivity contribution in [1.29, 1.82) is 0 Å². The number of halogens is 3. The second kappa shape index (κ2) is 7.29. The van der Waals surface area contributed by atoms with E-state index in [1.54, 1.807) is 26.0 Å². The highest BCUT2D eigenvalue weighted by molar-refractivity contribution is 6.02. The van der Waals surface area contributed by atoms with Gasteiger partial charge in [-0.1, -0.05) is 30.2 Å². The number of hydrogen-bond acceptors (Lipinski definition) is 5. The van der Waals surface area contributed by atoms with Crippen LogP contribution in [0.4, 0.5) is 19.2 Å². The molecular formula is C18H15F3N4O3.